The molecule has 0 amide bonds. The maximum absolute atomic E-state index is 12.1. The van der Waals surface area contributed by atoms with Crippen LogP contribution in [0, 0.1) is 17.3 Å². The standard InChI is InChI=1S/C13H25NO.C12H18N2OS/c1-13(2,3)12(15)11-7-5-10(6-8-11)9-14-4;13-8-2-1-3-9-14-16-12-6-4-11(10-15)5-7-12/h10-11,14H,5-9H2,1-4H3;4-7,10,14H,1-3,8-9,13H2. The summed E-state index contributed by atoms with van der Waals surface area (Å²) in [4.78, 5) is 23.6. The first-order chi connectivity index (χ1) is 14.8. The highest BCUT2D eigenvalue weighted by Gasteiger charge is 2.32. The predicted octanol–water partition coefficient (Wildman–Crippen LogP) is 4.85. The van der Waals surface area contributed by atoms with Crippen molar-refractivity contribution in [2.45, 2.75) is 70.6 Å². The molecule has 1 saturated carbocycles. The highest BCUT2D eigenvalue weighted by molar-refractivity contribution is 7.97. The fraction of sp³-hybridized carbons (Fsp3) is 0.680. The maximum Gasteiger partial charge on any atom is 0.150 e. The topological polar surface area (TPSA) is 84.2 Å². The average Bonchev–Trinajstić information content (AvgIpc) is 2.77. The monoisotopic (exact) mass is 449 g/mol. The lowest BCUT2D eigenvalue weighted by molar-refractivity contribution is -0.131. The molecular weight excluding hydrogens is 406 g/mol. The van der Waals surface area contributed by atoms with Crippen molar-refractivity contribution in [3.8, 4) is 0 Å². The zero-order chi connectivity index (χ0) is 23.1. The summed E-state index contributed by atoms with van der Waals surface area (Å²) in [7, 11) is 2.01. The van der Waals surface area contributed by atoms with Crippen molar-refractivity contribution in [1.82, 2.24) is 10.0 Å². The predicted molar refractivity (Wildman–Crippen MR) is 132 cm³/mol. The third kappa shape index (κ3) is 11.8. The van der Waals surface area contributed by atoms with E-state index in [0.29, 0.717) is 17.3 Å². The van der Waals surface area contributed by atoms with E-state index in [1.807, 2.05) is 52.1 Å². The number of nitrogens with two attached hydrogens (primary N) is 1. The number of nitrogens with one attached hydrogen (secondary N) is 2. The second-order valence-corrected chi connectivity index (χ2v) is 10.4. The van der Waals surface area contributed by atoms with E-state index < -0.39 is 0 Å². The molecule has 0 radical (unpaired) electrons. The van der Waals surface area contributed by atoms with Crippen molar-refractivity contribution in [2.75, 3.05) is 26.7 Å². The maximum atomic E-state index is 12.1. The molecule has 5 nitrogen and oxygen atoms in total. The van der Waals surface area contributed by atoms with Crippen LogP contribution in [0.4, 0.5) is 0 Å². The van der Waals surface area contributed by atoms with Crippen molar-refractivity contribution in [1.29, 1.82) is 0 Å². The van der Waals surface area contributed by atoms with Crippen molar-refractivity contribution >= 4 is 24.0 Å². The summed E-state index contributed by atoms with van der Waals surface area (Å²) in [6.07, 6.45) is 8.91. The minimum Gasteiger partial charge on any atom is -0.330 e. The first kappa shape index (κ1) is 27.8. The van der Waals surface area contributed by atoms with Crippen LogP contribution in [-0.2, 0) is 4.79 Å². The van der Waals surface area contributed by atoms with Gasteiger partial charge in [-0.25, -0.2) is 0 Å². The highest BCUT2D eigenvalue weighted by Crippen LogP contribution is 2.33. The Morgan fingerprint density at radius 1 is 1.10 bits per heavy atom. The number of benzene rings is 1. The van der Waals surface area contributed by atoms with E-state index in [2.05, 4.69) is 10.0 Å². The number of carbonyl (C=O) groups excluding carboxylic acids is 2. The van der Waals surface area contributed by atoms with E-state index in [9.17, 15) is 9.59 Å². The number of hydrogen-bond acceptors (Lipinski definition) is 6. The molecule has 1 aliphatic carbocycles. The van der Waals surface area contributed by atoms with Gasteiger partial charge in [-0.1, -0.05) is 39.3 Å². The van der Waals surface area contributed by atoms with Gasteiger partial charge >= 0.3 is 0 Å². The number of hydrogen-bond donors (Lipinski definition) is 3. The number of ketones is 1. The molecule has 1 aromatic rings. The Bertz CT molecular complexity index is 621. The van der Waals surface area contributed by atoms with E-state index in [1.165, 1.54) is 19.3 Å². The molecule has 6 heteroatoms. The number of aldehydes is 1. The summed E-state index contributed by atoms with van der Waals surface area (Å²) >= 11 is 1.60. The van der Waals surface area contributed by atoms with Gasteiger partial charge in [0.05, 0.1) is 0 Å². The molecule has 1 aliphatic rings. The van der Waals surface area contributed by atoms with Gasteiger partial charge in [0.2, 0.25) is 0 Å². The normalized spacial score (nSPS) is 18.7. The van der Waals surface area contributed by atoms with Crippen molar-refractivity contribution in [2.24, 2.45) is 23.0 Å². The molecule has 0 unspecified atom stereocenters. The van der Waals surface area contributed by atoms with Crippen molar-refractivity contribution < 1.29 is 9.59 Å². The Balaban J connectivity index is 0.000000311. The van der Waals surface area contributed by atoms with Crippen LogP contribution in [0.3, 0.4) is 0 Å². The van der Waals surface area contributed by atoms with Crippen LogP contribution in [0.5, 0.6) is 0 Å². The van der Waals surface area contributed by atoms with E-state index >= 15 is 0 Å². The number of Topliss-reactive ketones (excluding diaryl/α,β-unsaturated/α-hetero) is 1. The Labute approximate surface area is 193 Å². The molecule has 31 heavy (non-hydrogen) atoms. The third-order valence-corrected chi connectivity index (χ3v) is 6.50. The smallest absolute Gasteiger partial charge is 0.150 e. The van der Waals surface area contributed by atoms with Gasteiger partial charge in [-0.05, 0) is 88.7 Å². The molecular formula is C25H43N3O2S. The van der Waals surface area contributed by atoms with Gasteiger partial charge in [-0.15, -0.1) is 0 Å². The lowest BCUT2D eigenvalue weighted by Crippen LogP contribution is -2.33. The van der Waals surface area contributed by atoms with Crippen LogP contribution >= 0.6 is 11.9 Å². The quantitative estimate of drug-likeness (QED) is 0.254. The lowest BCUT2D eigenvalue weighted by atomic mass is 9.73. The van der Waals surface area contributed by atoms with Crippen LogP contribution in [-0.4, -0.2) is 38.8 Å². The summed E-state index contributed by atoms with van der Waals surface area (Å²) in [5, 5.41) is 3.23. The molecule has 1 aromatic carbocycles. The summed E-state index contributed by atoms with van der Waals surface area (Å²) < 4.78 is 3.29. The van der Waals surface area contributed by atoms with Crippen molar-refractivity contribution in [3.63, 3.8) is 0 Å². The van der Waals surface area contributed by atoms with Gasteiger partial charge in [0, 0.05) is 28.3 Å². The largest absolute Gasteiger partial charge is 0.330 e. The molecule has 2 rings (SSSR count). The Hall–Kier alpha value is -1.21. The van der Waals surface area contributed by atoms with Gasteiger partial charge in [-0.2, -0.15) is 0 Å². The highest BCUT2D eigenvalue weighted by atomic mass is 32.2. The number of rotatable bonds is 11. The van der Waals surface area contributed by atoms with E-state index in [1.54, 1.807) is 11.9 Å². The van der Waals surface area contributed by atoms with Crippen molar-refractivity contribution in [3.05, 3.63) is 29.8 Å². The van der Waals surface area contributed by atoms with Gasteiger partial charge in [0.15, 0.2) is 0 Å². The van der Waals surface area contributed by atoms with Gasteiger partial charge in [0.1, 0.15) is 12.1 Å². The average molecular weight is 450 g/mol. The van der Waals surface area contributed by atoms with Crippen LogP contribution in [0.2, 0.25) is 0 Å². The molecule has 176 valence electrons. The Morgan fingerprint density at radius 3 is 2.26 bits per heavy atom. The van der Waals surface area contributed by atoms with Gasteiger partial charge < -0.3 is 11.1 Å². The summed E-state index contributed by atoms with van der Waals surface area (Å²) in [6, 6.07) is 7.54. The van der Waals surface area contributed by atoms with Crippen LogP contribution in [0.25, 0.3) is 0 Å². The third-order valence-electron chi connectivity index (χ3n) is 5.64. The second-order valence-electron chi connectivity index (χ2n) is 9.42. The first-order valence-corrected chi connectivity index (χ1v) is 12.5. The summed E-state index contributed by atoms with van der Waals surface area (Å²) in [6.45, 7) is 8.98. The zero-order valence-corrected chi connectivity index (χ0v) is 20.7. The number of carbonyl (C=O) groups is 2. The molecule has 1 fully saturated rings. The second kappa shape index (κ2) is 15.6. The SMILES string of the molecule is CNCC1CCC(C(=O)C(C)(C)C)CC1.NCCCCCNSc1ccc(C=O)cc1. The molecule has 0 aliphatic heterocycles. The summed E-state index contributed by atoms with van der Waals surface area (Å²) in [5.41, 5.74) is 5.97. The molecule has 0 spiro atoms. The molecule has 0 bridgehead atoms. The minimum absolute atomic E-state index is 0.152. The van der Waals surface area contributed by atoms with Crippen LogP contribution in [0.1, 0.15) is 76.1 Å². The lowest BCUT2D eigenvalue weighted by Gasteiger charge is -2.31. The molecule has 0 heterocycles. The first-order valence-electron chi connectivity index (χ1n) is 11.7. The molecule has 0 aromatic heterocycles. The van der Waals surface area contributed by atoms with E-state index in [-0.39, 0.29) is 5.41 Å². The minimum atomic E-state index is -0.152. The van der Waals surface area contributed by atoms with E-state index in [4.69, 9.17) is 5.73 Å². The van der Waals surface area contributed by atoms with Crippen LogP contribution < -0.4 is 15.8 Å². The van der Waals surface area contributed by atoms with Gasteiger partial charge in [-0.3, -0.25) is 14.3 Å². The zero-order valence-electron chi connectivity index (χ0n) is 19.9. The van der Waals surface area contributed by atoms with Crippen LogP contribution in [0.15, 0.2) is 29.2 Å². The Kier molecular flexibility index (Phi) is 14.0. The molecule has 4 N–H and O–H groups in total. The fourth-order valence-electron chi connectivity index (χ4n) is 3.80. The van der Waals surface area contributed by atoms with Gasteiger partial charge in [0.25, 0.3) is 0 Å². The van der Waals surface area contributed by atoms with E-state index in [0.717, 1.165) is 62.4 Å². The Morgan fingerprint density at radius 2 is 1.74 bits per heavy atom. The molecule has 0 saturated heterocycles. The summed E-state index contributed by atoms with van der Waals surface area (Å²) in [5.74, 6) is 1.59. The number of unbranched alkanes of at least 4 members (excludes halogenated alkanes) is 2. The fourth-order valence-corrected chi connectivity index (χ4v) is 4.48. The molecule has 0 atom stereocenters.